The zero-order valence-corrected chi connectivity index (χ0v) is 18.3. The van der Waals surface area contributed by atoms with E-state index in [0.717, 1.165) is 12.1 Å². The minimum atomic E-state index is -4.59. The maximum absolute atomic E-state index is 12.3. The number of phenolic OH excluding ortho intramolecular Hbond substituents is 1. The number of rotatable bonds is 7. The molecule has 0 aliphatic heterocycles. The van der Waals surface area contributed by atoms with Crippen molar-refractivity contribution in [3.63, 3.8) is 0 Å². The lowest BCUT2D eigenvalue weighted by atomic mass is 10.0. The number of hydrogen-bond donors (Lipinski definition) is 5. The molecule has 0 heterocycles. The van der Waals surface area contributed by atoms with E-state index in [0.29, 0.717) is 0 Å². The number of aromatic hydroxyl groups is 1. The monoisotopic (exact) mass is 457 g/mol. The van der Waals surface area contributed by atoms with Crippen LogP contribution < -0.4 is 4.74 Å². The Morgan fingerprint density at radius 3 is 1.81 bits per heavy atom. The van der Waals surface area contributed by atoms with Crippen LogP contribution in [0, 0.1) is 0 Å². The molecule has 10 nitrogen and oxygen atoms in total. The van der Waals surface area contributed by atoms with E-state index in [9.17, 15) is 18.3 Å². The van der Waals surface area contributed by atoms with E-state index < -0.39 is 45.2 Å². The maximum Gasteiger partial charge on any atom is 0.298 e. The zero-order valence-electron chi connectivity index (χ0n) is 17.5. The molecule has 0 bridgehead atoms. The summed E-state index contributed by atoms with van der Waals surface area (Å²) in [6.07, 6.45) is -2.50. The van der Waals surface area contributed by atoms with E-state index in [-0.39, 0.29) is 16.9 Å². The van der Waals surface area contributed by atoms with Crippen molar-refractivity contribution in [2.24, 2.45) is 0 Å². The topological polar surface area (TPSA) is 165 Å². The molecule has 3 unspecified atom stereocenters. The number of nitrogens with zero attached hydrogens (tertiary/aromatic N) is 1. The van der Waals surface area contributed by atoms with Crippen molar-refractivity contribution in [2.45, 2.75) is 44.4 Å². The molecule has 0 amide bonds. The molecule has 31 heavy (non-hydrogen) atoms. The Labute approximate surface area is 180 Å². The third-order valence-corrected chi connectivity index (χ3v) is 5.01. The third-order valence-electron chi connectivity index (χ3n) is 4.13. The SMILES string of the molecule is CC(O)N(C(C)O)C(C)O.COc1cc(O)c(C(=O)c2ccccc2)cc1S(=O)(=O)O. The molecule has 0 saturated carbocycles. The number of ketones is 1. The van der Waals surface area contributed by atoms with Crippen LogP contribution in [0.1, 0.15) is 36.7 Å². The van der Waals surface area contributed by atoms with Crippen molar-refractivity contribution >= 4 is 15.9 Å². The molecule has 2 rings (SSSR count). The van der Waals surface area contributed by atoms with Gasteiger partial charge in [0.1, 0.15) is 35.1 Å². The number of carbonyl (C=O) groups excluding carboxylic acids is 1. The number of hydrogen-bond acceptors (Lipinski definition) is 9. The Hall–Kier alpha value is -2.54. The number of aliphatic hydroxyl groups excluding tert-OH is 3. The van der Waals surface area contributed by atoms with Gasteiger partial charge < -0.3 is 25.2 Å². The second-order valence-electron chi connectivity index (χ2n) is 6.53. The Bertz CT molecular complexity index is 955. The van der Waals surface area contributed by atoms with Gasteiger partial charge >= 0.3 is 0 Å². The van der Waals surface area contributed by atoms with Gasteiger partial charge in [0.15, 0.2) is 5.78 Å². The first kappa shape index (κ1) is 26.5. The Balaban J connectivity index is 0.000000407. The highest BCUT2D eigenvalue weighted by atomic mass is 32.2. The van der Waals surface area contributed by atoms with Gasteiger partial charge in [0.25, 0.3) is 10.1 Å². The number of methoxy groups -OCH3 is 1. The summed E-state index contributed by atoms with van der Waals surface area (Å²) in [5.74, 6) is -1.26. The summed E-state index contributed by atoms with van der Waals surface area (Å²) in [7, 11) is -3.41. The summed E-state index contributed by atoms with van der Waals surface area (Å²) >= 11 is 0. The van der Waals surface area contributed by atoms with Crippen LogP contribution >= 0.6 is 0 Å². The average Bonchev–Trinajstić information content (AvgIpc) is 2.66. The number of aliphatic hydroxyl groups is 3. The van der Waals surface area contributed by atoms with Crippen LogP contribution in [-0.2, 0) is 10.1 Å². The van der Waals surface area contributed by atoms with E-state index in [4.69, 9.17) is 24.6 Å². The van der Waals surface area contributed by atoms with Crippen LogP contribution in [0.4, 0.5) is 0 Å². The van der Waals surface area contributed by atoms with E-state index in [1.54, 1.807) is 18.2 Å². The van der Waals surface area contributed by atoms with Gasteiger partial charge in [0.2, 0.25) is 0 Å². The van der Waals surface area contributed by atoms with Crippen molar-refractivity contribution in [3.8, 4) is 11.5 Å². The quantitative estimate of drug-likeness (QED) is 0.232. The molecule has 2 aromatic rings. The van der Waals surface area contributed by atoms with Crippen molar-refractivity contribution in [2.75, 3.05) is 7.11 Å². The lowest BCUT2D eigenvalue weighted by molar-refractivity contribution is -0.159. The highest BCUT2D eigenvalue weighted by molar-refractivity contribution is 7.86. The predicted molar refractivity (Wildman–Crippen MR) is 111 cm³/mol. The number of benzene rings is 2. The summed E-state index contributed by atoms with van der Waals surface area (Å²) in [5.41, 5.74) is 0.0360. The number of ether oxygens (including phenoxy) is 1. The largest absolute Gasteiger partial charge is 0.507 e. The molecule has 0 fully saturated rings. The van der Waals surface area contributed by atoms with Gasteiger partial charge in [0.05, 0.1) is 12.7 Å². The van der Waals surface area contributed by atoms with Crippen molar-refractivity contribution in [1.29, 1.82) is 0 Å². The fourth-order valence-corrected chi connectivity index (χ4v) is 3.44. The zero-order chi connectivity index (χ0) is 23.9. The molecule has 0 saturated heterocycles. The van der Waals surface area contributed by atoms with Gasteiger partial charge in [-0.1, -0.05) is 30.3 Å². The lowest BCUT2D eigenvalue weighted by Crippen LogP contribution is -2.45. The van der Waals surface area contributed by atoms with Crippen molar-refractivity contribution < 1.29 is 42.9 Å². The minimum Gasteiger partial charge on any atom is -0.507 e. The smallest absolute Gasteiger partial charge is 0.298 e. The van der Waals surface area contributed by atoms with Crippen LogP contribution in [0.15, 0.2) is 47.4 Å². The van der Waals surface area contributed by atoms with Gasteiger partial charge in [-0.3, -0.25) is 9.35 Å². The van der Waals surface area contributed by atoms with Gasteiger partial charge in [-0.2, -0.15) is 8.42 Å². The maximum atomic E-state index is 12.3. The number of phenols is 1. The van der Waals surface area contributed by atoms with Crippen LogP contribution in [-0.4, -0.2) is 69.9 Å². The van der Waals surface area contributed by atoms with E-state index in [1.807, 2.05) is 0 Å². The van der Waals surface area contributed by atoms with Crippen LogP contribution in [0.25, 0.3) is 0 Å². The fourth-order valence-electron chi connectivity index (χ4n) is 2.77. The van der Waals surface area contributed by atoms with Gasteiger partial charge in [-0.25, -0.2) is 4.90 Å². The summed E-state index contributed by atoms with van der Waals surface area (Å²) in [6, 6.07) is 9.90. The minimum absolute atomic E-state index is 0.241. The third kappa shape index (κ3) is 7.28. The standard InChI is InChI=1S/C14H12O6S.C6H15NO3/c1-20-12-8-11(15)10(7-13(12)21(17,18)19)14(16)9-5-3-2-4-6-9;1-4(8)7(5(2)9)6(3)10/h2-8,15H,1H3,(H,17,18,19);4-6,8-10H,1-3H3. The van der Waals surface area contributed by atoms with Crippen LogP contribution in [0.5, 0.6) is 11.5 Å². The highest BCUT2D eigenvalue weighted by Crippen LogP contribution is 2.32. The summed E-state index contributed by atoms with van der Waals surface area (Å²) in [5, 5.41) is 36.7. The van der Waals surface area contributed by atoms with E-state index in [1.165, 1.54) is 44.9 Å². The summed E-state index contributed by atoms with van der Waals surface area (Å²) in [6.45, 7) is 4.46. The fraction of sp³-hybridized carbons (Fsp3) is 0.350. The molecule has 172 valence electrons. The molecule has 3 atom stereocenters. The van der Waals surface area contributed by atoms with Crippen molar-refractivity contribution in [1.82, 2.24) is 4.90 Å². The van der Waals surface area contributed by atoms with Gasteiger partial charge in [0, 0.05) is 11.6 Å². The Morgan fingerprint density at radius 1 is 0.968 bits per heavy atom. The average molecular weight is 458 g/mol. The van der Waals surface area contributed by atoms with Crippen molar-refractivity contribution in [3.05, 3.63) is 53.6 Å². The van der Waals surface area contributed by atoms with Crippen LogP contribution in [0.3, 0.4) is 0 Å². The Morgan fingerprint density at radius 2 is 1.45 bits per heavy atom. The Kier molecular flexibility index (Phi) is 9.56. The van der Waals surface area contributed by atoms with Gasteiger partial charge in [-0.05, 0) is 26.8 Å². The van der Waals surface area contributed by atoms with Gasteiger partial charge in [-0.15, -0.1) is 0 Å². The molecular formula is C20H27NO9S. The second kappa shape index (κ2) is 11.2. The molecule has 11 heteroatoms. The molecule has 2 aromatic carbocycles. The molecule has 0 aliphatic rings. The first-order valence-corrected chi connectivity index (χ1v) is 10.5. The molecule has 5 N–H and O–H groups in total. The molecule has 0 aliphatic carbocycles. The summed E-state index contributed by atoms with van der Waals surface area (Å²) < 4.78 is 36.6. The molecular weight excluding hydrogens is 430 g/mol. The highest BCUT2D eigenvalue weighted by Gasteiger charge is 2.23. The number of carbonyl (C=O) groups is 1. The first-order valence-electron chi connectivity index (χ1n) is 9.11. The second-order valence-corrected chi connectivity index (χ2v) is 7.92. The first-order chi connectivity index (χ1) is 14.3. The molecule has 0 radical (unpaired) electrons. The van der Waals surface area contributed by atoms with E-state index >= 15 is 0 Å². The predicted octanol–water partition coefficient (Wildman–Crippen LogP) is 1.18. The van der Waals surface area contributed by atoms with Crippen LogP contribution in [0.2, 0.25) is 0 Å². The molecule has 0 spiro atoms. The van der Waals surface area contributed by atoms with E-state index in [2.05, 4.69) is 0 Å². The molecule has 0 aromatic heterocycles. The summed E-state index contributed by atoms with van der Waals surface area (Å²) in [4.78, 5) is 12.9. The normalized spacial score (nSPS) is 14.2. The lowest BCUT2D eigenvalue weighted by Gasteiger charge is -2.30.